The van der Waals surface area contributed by atoms with Crippen molar-refractivity contribution in [1.82, 2.24) is 9.97 Å². The van der Waals surface area contributed by atoms with Crippen molar-refractivity contribution in [1.29, 1.82) is 0 Å². The first-order chi connectivity index (χ1) is 8.86. The highest BCUT2D eigenvalue weighted by molar-refractivity contribution is 5.67. The molecule has 4 heteroatoms. The van der Waals surface area contributed by atoms with Crippen LogP contribution in [-0.2, 0) is 0 Å². The minimum Gasteiger partial charge on any atom is -0.396 e. The number of anilines is 2. The van der Waals surface area contributed by atoms with Crippen LogP contribution in [0.4, 0.5) is 11.4 Å². The molecule has 2 N–H and O–H groups in total. The predicted molar refractivity (Wildman–Crippen MR) is 72.2 cm³/mol. The minimum atomic E-state index is 0.401. The SMILES string of the molecule is Nc1cnccc1N1CCCC1c1ccncc1. The monoisotopic (exact) mass is 240 g/mol. The number of nitrogens with two attached hydrogens (primary N) is 1. The van der Waals surface area contributed by atoms with Crippen molar-refractivity contribution in [2.45, 2.75) is 18.9 Å². The Hall–Kier alpha value is -2.10. The third-order valence-corrected chi connectivity index (χ3v) is 3.48. The summed E-state index contributed by atoms with van der Waals surface area (Å²) < 4.78 is 0. The fourth-order valence-corrected chi connectivity index (χ4v) is 2.65. The van der Waals surface area contributed by atoms with Crippen molar-refractivity contribution in [2.24, 2.45) is 0 Å². The van der Waals surface area contributed by atoms with E-state index in [1.807, 2.05) is 18.5 Å². The van der Waals surface area contributed by atoms with E-state index in [0.29, 0.717) is 6.04 Å². The van der Waals surface area contributed by atoms with Crippen molar-refractivity contribution in [3.05, 3.63) is 48.5 Å². The van der Waals surface area contributed by atoms with Crippen LogP contribution in [0.2, 0.25) is 0 Å². The van der Waals surface area contributed by atoms with E-state index >= 15 is 0 Å². The van der Waals surface area contributed by atoms with Gasteiger partial charge in [-0.05, 0) is 36.6 Å². The number of rotatable bonds is 2. The van der Waals surface area contributed by atoms with Gasteiger partial charge in [0.05, 0.1) is 23.6 Å². The standard InChI is InChI=1S/C14H16N4/c15-12-10-17-8-5-14(12)18-9-1-2-13(18)11-3-6-16-7-4-11/h3-8,10,13H,1-2,9,15H2. The molecule has 1 fully saturated rings. The van der Waals surface area contributed by atoms with Crippen LogP contribution in [0.25, 0.3) is 0 Å². The molecule has 92 valence electrons. The van der Waals surface area contributed by atoms with Gasteiger partial charge in [-0.1, -0.05) is 0 Å². The zero-order valence-corrected chi connectivity index (χ0v) is 10.2. The van der Waals surface area contributed by atoms with E-state index in [1.54, 1.807) is 12.4 Å². The van der Waals surface area contributed by atoms with Crippen LogP contribution >= 0.6 is 0 Å². The molecule has 0 radical (unpaired) electrons. The first kappa shape index (κ1) is 11.0. The van der Waals surface area contributed by atoms with Crippen LogP contribution in [0.15, 0.2) is 43.0 Å². The fraction of sp³-hybridized carbons (Fsp3) is 0.286. The zero-order valence-electron chi connectivity index (χ0n) is 10.2. The molecule has 3 rings (SSSR count). The highest BCUT2D eigenvalue weighted by Gasteiger charge is 2.27. The van der Waals surface area contributed by atoms with E-state index in [1.165, 1.54) is 12.0 Å². The summed E-state index contributed by atoms with van der Waals surface area (Å²) in [6.07, 6.45) is 9.56. The number of pyridine rings is 2. The molecular formula is C14H16N4. The fourth-order valence-electron chi connectivity index (χ4n) is 2.65. The third-order valence-electron chi connectivity index (χ3n) is 3.48. The van der Waals surface area contributed by atoms with Crippen LogP contribution < -0.4 is 10.6 Å². The Morgan fingerprint density at radius 2 is 1.89 bits per heavy atom. The van der Waals surface area contributed by atoms with Crippen molar-refractivity contribution in [2.75, 3.05) is 17.2 Å². The smallest absolute Gasteiger partial charge is 0.0738 e. The Labute approximate surface area is 106 Å². The predicted octanol–water partition coefficient (Wildman–Crippen LogP) is 2.40. The summed E-state index contributed by atoms with van der Waals surface area (Å²) in [6.45, 7) is 1.04. The lowest BCUT2D eigenvalue weighted by Gasteiger charge is -2.28. The molecule has 1 aliphatic heterocycles. The first-order valence-electron chi connectivity index (χ1n) is 6.22. The van der Waals surface area contributed by atoms with Gasteiger partial charge in [0.1, 0.15) is 0 Å². The molecule has 4 nitrogen and oxygen atoms in total. The molecule has 3 heterocycles. The maximum atomic E-state index is 6.02. The highest BCUT2D eigenvalue weighted by Crippen LogP contribution is 2.37. The third kappa shape index (κ3) is 1.90. The van der Waals surface area contributed by atoms with E-state index in [2.05, 4.69) is 27.0 Å². The van der Waals surface area contributed by atoms with Crippen molar-refractivity contribution in [3.63, 3.8) is 0 Å². The Morgan fingerprint density at radius 1 is 1.11 bits per heavy atom. The number of aromatic nitrogens is 2. The molecule has 1 saturated heterocycles. The molecule has 0 aliphatic carbocycles. The average Bonchev–Trinajstić information content (AvgIpc) is 2.89. The number of hydrogen-bond donors (Lipinski definition) is 1. The lowest BCUT2D eigenvalue weighted by Crippen LogP contribution is -2.23. The normalized spacial score (nSPS) is 19.1. The van der Waals surface area contributed by atoms with Gasteiger partial charge in [0.15, 0.2) is 0 Å². The van der Waals surface area contributed by atoms with Crippen LogP contribution in [-0.4, -0.2) is 16.5 Å². The zero-order chi connectivity index (χ0) is 12.4. The van der Waals surface area contributed by atoms with Gasteiger partial charge in [-0.15, -0.1) is 0 Å². The molecule has 0 aromatic carbocycles. The summed E-state index contributed by atoms with van der Waals surface area (Å²) in [7, 11) is 0. The molecular weight excluding hydrogens is 224 g/mol. The molecule has 0 amide bonds. The molecule has 2 aromatic rings. The maximum Gasteiger partial charge on any atom is 0.0738 e. The van der Waals surface area contributed by atoms with E-state index in [0.717, 1.165) is 24.3 Å². The van der Waals surface area contributed by atoms with Gasteiger partial charge in [0.25, 0.3) is 0 Å². The number of hydrogen-bond acceptors (Lipinski definition) is 4. The van der Waals surface area contributed by atoms with Crippen LogP contribution in [0.5, 0.6) is 0 Å². The van der Waals surface area contributed by atoms with E-state index in [9.17, 15) is 0 Å². The van der Waals surface area contributed by atoms with E-state index in [-0.39, 0.29) is 0 Å². The largest absolute Gasteiger partial charge is 0.396 e. The molecule has 18 heavy (non-hydrogen) atoms. The summed E-state index contributed by atoms with van der Waals surface area (Å²) >= 11 is 0. The molecule has 1 atom stereocenters. The van der Waals surface area contributed by atoms with E-state index in [4.69, 9.17) is 5.73 Å². The van der Waals surface area contributed by atoms with Crippen molar-refractivity contribution in [3.8, 4) is 0 Å². The minimum absolute atomic E-state index is 0.401. The van der Waals surface area contributed by atoms with Crippen LogP contribution in [0.3, 0.4) is 0 Å². The van der Waals surface area contributed by atoms with Gasteiger partial charge < -0.3 is 10.6 Å². The average molecular weight is 240 g/mol. The highest BCUT2D eigenvalue weighted by atomic mass is 15.2. The lowest BCUT2D eigenvalue weighted by atomic mass is 10.1. The molecule has 2 aromatic heterocycles. The quantitative estimate of drug-likeness (QED) is 0.875. The lowest BCUT2D eigenvalue weighted by molar-refractivity contribution is 0.718. The maximum absolute atomic E-state index is 6.02. The Kier molecular flexibility index (Phi) is 2.84. The van der Waals surface area contributed by atoms with Gasteiger partial charge in [-0.25, -0.2) is 0 Å². The van der Waals surface area contributed by atoms with Crippen molar-refractivity contribution >= 4 is 11.4 Å². The van der Waals surface area contributed by atoms with Crippen LogP contribution in [0, 0.1) is 0 Å². The first-order valence-corrected chi connectivity index (χ1v) is 6.22. The molecule has 1 aliphatic rings. The second-order valence-corrected chi connectivity index (χ2v) is 4.57. The van der Waals surface area contributed by atoms with Gasteiger partial charge in [-0.3, -0.25) is 9.97 Å². The second kappa shape index (κ2) is 4.64. The molecule has 0 bridgehead atoms. The van der Waals surface area contributed by atoms with Crippen molar-refractivity contribution < 1.29 is 0 Å². The molecule has 0 saturated carbocycles. The summed E-state index contributed by atoms with van der Waals surface area (Å²) in [5, 5.41) is 0. The van der Waals surface area contributed by atoms with Crippen LogP contribution in [0.1, 0.15) is 24.4 Å². The van der Waals surface area contributed by atoms with Gasteiger partial charge in [0.2, 0.25) is 0 Å². The summed E-state index contributed by atoms with van der Waals surface area (Å²) in [6, 6.07) is 6.56. The Balaban J connectivity index is 1.95. The summed E-state index contributed by atoms with van der Waals surface area (Å²) in [4.78, 5) is 10.5. The topological polar surface area (TPSA) is 55.0 Å². The summed E-state index contributed by atoms with van der Waals surface area (Å²) in [5.41, 5.74) is 9.16. The van der Waals surface area contributed by atoms with Gasteiger partial charge in [-0.2, -0.15) is 0 Å². The Bertz CT molecular complexity index is 526. The summed E-state index contributed by atoms with van der Waals surface area (Å²) in [5.74, 6) is 0. The van der Waals surface area contributed by atoms with E-state index < -0.39 is 0 Å². The molecule has 0 spiro atoms. The Morgan fingerprint density at radius 3 is 2.67 bits per heavy atom. The number of nitrogens with zero attached hydrogens (tertiary/aromatic N) is 3. The second-order valence-electron chi connectivity index (χ2n) is 4.57. The van der Waals surface area contributed by atoms with Gasteiger partial charge in [0, 0.05) is 25.1 Å². The molecule has 1 unspecified atom stereocenters. The number of nitrogen functional groups attached to an aromatic ring is 1. The van der Waals surface area contributed by atoms with Gasteiger partial charge >= 0.3 is 0 Å².